The van der Waals surface area contributed by atoms with Gasteiger partial charge in [0.15, 0.2) is 0 Å². The summed E-state index contributed by atoms with van der Waals surface area (Å²) in [5, 5.41) is 6.07. The third-order valence-corrected chi connectivity index (χ3v) is 4.46. The maximum Gasteiger partial charge on any atom is 0.281 e. The van der Waals surface area contributed by atoms with Crippen molar-refractivity contribution in [1.82, 2.24) is 19.2 Å². The lowest BCUT2D eigenvalue weighted by Gasteiger charge is -2.30. The lowest BCUT2D eigenvalue weighted by Crippen LogP contribution is -2.51. The molecule has 1 fully saturated rings. The SMILES string of the molecule is CNCCN(C)S(=O)(=O)N1CCNCC1. The zero-order valence-electron chi connectivity index (χ0n) is 9.36. The zero-order valence-corrected chi connectivity index (χ0v) is 10.2. The molecule has 90 valence electrons. The van der Waals surface area contributed by atoms with E-state index >= 15 is 0 Å². The molecule has 1 aliphatic rings. The Bertz CT molecular complexity index is 274. The Balaban J connectivity index is 2.55. The summed E-state index contributed by atoms with van der Waals surface area (Å²) >= 11 is 0. The van der Waals surface area contributed by atoms with Gasteiger partial charge in [0.05, 0.1) is 0 Å². The molecule has 0 aromatic heterocycles. The van der Waals surface area contributed by atoms with Crippen LogP contribution in [0.25, 0.3) is 0 Å². The van der Waals surface area contributed by atoms with Gasteiger partial charge in [0.2, 0.25) is 0 Å². The summed E-state index contributed by atoms with van der Waals surface area (Å²) in [7, 11) is 0.183. The van der Waals surface area contributed by atoms with Crippen LogP contribution in [-0.4, -0.2) is 70.4 Å². The predicted molar refractivity (Wildman–Crippen MR) is 59.9 cm³/mol. The van der Waals surface area contributed by atoms with Crippen molar-refractivity contribution in [2.75, 3.05) is 53.4 Å². The Morgan fingerprint density at radius 1 is 1.40 bits per heavy atom. The highest BCUT2D eigenvalue weighted by Gasteiger charge is 2.27. The Morgan fingerprint density at radius 3 is 2.53 bits per heavy atom. The first kappa shape index (κ1) is 12.9. The van der Waals surface area contributed by atoms with Crippen molar-refractivity contribution in [2.45, 2.75) is 0 Å². The Labute approximate surface area is 91.8 Å². The van der Waals surface area contributed by atoms with Crippen molar-refractivity contribution in [3.8, 4) is 0 Å². The van der Waals surface area contributed by atoms with E-state index in [1.807, 2.05) is 7.05 Å². The number of nitrogens with zero attached hydrogens (tertiary/aromatic N) is 2. The molecular formula is C8H20N4O2S. The van der Waals surface area contributed by atoms with Crippen LogP contribution in [0, 0.1) is 0 Å². The second kappa shape index (κ2) is 5.76. The van der Waals surface area contributed by atoms with Crippen LogP contribution in [-0.2, 0) is 10.2 Å². The van der Waals surface area contributed by atoms with Crippen LogP contribution in [0.15, 0.2) is 0 Å². The van der Waals surface area contributed by atoms with Crippen molar-refractivity contribution in [3.05, 3.63) is 0 Å². The molecule has 1 rings (SSSR count). The van der Waals surface area contributed by atoms with Gasteiger partial charge in [-0.15, -0.1) is 0 Å². The normalized spacial score (nSPS) is 19.7. The Hall–Kier alpha value is -0.210. The first-order valence-electron chi connectivity index (χ1n) is 5.16. The van der Waals surface area contributed by atoms with E-state index in [2.05, 4.69) is 10.6 Å². The van der Waals surface area contributed by atoms with E-state index in [1.54, 1.807) is 7.05 Å². The average Bonchev–Trinajstić information content (AvgIpc) is 2.27. The molecule has 1 saturated heterocycles. The van der Waals surface area contributed by atoms with Crippen LogP contribution in [0.4, 0.5) is 0 Å². The first-order chi connectivity index (χ1) is 7.09. The Morgan fingerprint density at radius 2 is 2.00 bits per heavy atom. The standard InChI is InChI=1S/C8H20N4O2S/c1-9-3-6-11(2)15(13,14)12-7-4-10-5-8-12/h9-10H,3-8H2,1-2H3. The molecule has 0 atom stereocenters. The van der Waals surface area contributed by atoms with E-state index in [0.29, 0.717) is 26.2 Å². The van der Waals surface area contributed by atoms with Gasteiger partial charge < -0.3 is 10.6 Å². The number of rotatable bonds is 5. The van der Waals surface area contributed by atoms with Gasteiger partial charge >= 0.3 is 0 Å². The summed E-state index contributed by atoms with van der Waals surface area (Å²) in [5.41, 5.74) is 0. The fourth-order valence-corrected chi connectivity index (χ4v) is 2.82. The van der Waals surface area contributed by atoms with E-state index in [0.717, 1.165) is 13.1 Å². The van der Waals surface area contributed by atoms with Gasteiger partial charge in [-0.2, -0.15) is 17.0 Å². The minimum atomic E-state index is -3.25. The molecule has 7 heteroatoms. The quantitative estimate of drug-likeness (QED) is 0.596. The van der Waals surface area contributed by atoms with E-state index < -0.39 is 10.2 Å². The number of piperazine rings is 1. The third-order valence-electron chi connectivity index (χ3n) is 2.47. The van der Waals surface area contributed by atoms with Gasteiger partial charge in [-0.05, 0) is 7.05 Å². The van der Waals surface area contributed by atoms with Crippen LogP contribution >= 0.6 is 0 Å². The van der Waals surface area contributed by atoms with E-state index in [-0.39, 0.29) is 0 Å². The second-order valence-electron chi connectivity index (χ2n) is 3.58. The molecule has 1 aliphatic heterocycles. The summed E-state index contributed by atoms with van der Waals surface area (Å²) in [4.78, 5) is 0. The predicted octanol–water partition coefficient (Wildman–Crippen LogP) is -1.71. The molecule has 1 heterocycles. The fourth-order valence-electron chi connectivity index (χ4n) is 1.46. The smallest absolute Gasteiger partial charge is 0.281 e. The second-order valence-corrected chi connectivity index (χ2v) is 5.62. The van der Waals surface area contributed by atoms with Gasteiger partial charge in [-0.25, -0.2) is 0 Å². The minimum absolute atomic E-state index is 0.503. The van der Waals surface area contributed by atoms with Gasteiger partial charge in [-0.3, -0.25) is 0 Å². The highest BCUT2D eigenvalue weighted by atomic mass is 32.2. The van der Waals surface area contributed by atoms with Crippen molar-refractivity contribution < 1.29 is 8.42 Å². The fraction of sp³-hybridized carbons (Fsp3) is 1.00. The molecule has 0 spiro atoms. The van der Waals surface area contributed by atoms with Crippen molar-refractivity contribution >= 4 is 10.2 Å². The largest absolute Gasteiger partial charge is 0.318 e. The van der Waals surface area contributed by atoms with Crippen LogP contribution in [0.1, 0.15) is 0 Å². The first-order valence-corrected chi connectivity index (χ1v) is 6.55. The summed E-state index contributed by atoms with van der Waals surface area (Å²) in [6.45, 7) is 3.77. The van der Waals surface area contributed by atoms with Gasteiger partial charge in [0, 0.05) is 46.3 Å². The number of likely N-dealkylation sites (N-methyl/N-ethyl adjacent to an activating group) is 2. The van der Waals surface area contributed by atoms with E-state index in [4.69, 9.17) is 0 Å². The topological polar surface area (TPSA) is 64.7 Å². The number of hydrogen-bond acceptors (Lipinski definition) is 4. The highest BCUT2D eigenvalue weighted by Crippen LogP contribution is 2.06. The van der Waals surface area contributed by atoms with Gasteiger partial charge in [0.25, 0.3) is 10.2 Å². The monoisotopic (exact) mass is 236 g/mol. The molecule has 0 bridgehead atoms. The van der Waals surface area contributed by atoms with Gasteiger partial charge in [0.1, 0.15) is 0 Å². The lowest BCUT2D eigenvalue weighted by atomic mass is 10.4. The molecule has 0 saturated carbocycles. The summed E-state index contributed by atoms with van der Waals surface area (Å²) in [6.07, 6.45) is 0. The van der Waals surface area contributed by atoms with Gasteiger partial charge in [-0.1, -0.05) is 0 Å². The van der Waals surface area contributed by atoms with Crippen molar-refractivity contribution in [1.29, 1.82) is 0 Å². The minimum Gasteiger partial charge on any atom is -0.318 e. The maximum absolute atomic E-state index is 12.0. The maximum atomic E-state index is 12.0. The van der Waals surface area contributed by atoms with Crippen molar-refractivity contribution in [2.24, 2.45) is 0 Å². The highest BCUT2D eigenvalue weighted by molar-refractivity contribution is 7.86. The van der Waals surface area contributed by atoms with E-state index in [9.17, 15) is 8.42 Å². The summed E-state index contributed by atoms with van der Waals surface area (Å²) in [6, 6.07) is 0. The zero-order chi connectivity index (χ0) is 11.3. The average molecular weight is 236 g/mol. The Kier molecular flexibility index (Phi) is 4.94. The molecule has 0 unspecified atom stereocenters. The van der Waals surface area contributed by atoms with Crippen molar-refractivity contribution in [3.63, 3.8) is 0 Å². The molecule has 0 aliphatic carbocycles. The molecule has 0 aromatic carbocycles. The molecule has 0 aromatic rings. The number of nitrogens with one attached hydrogen (secondary N) is 2. The molecule has 0 radical (unpaired) electrons. The third kappa shape index (κ3) is 3.39. The lowest BCUT2D eigenvalue weighted by molar-refractivity contribution is 0.326. The molecule has 6 nitrogen and oxygen atoms in total. The summed E-state index contributed by atoms with van der Waals surface area (Å²) < 4.78 is 26.9. The van der Waals surface area contributed by atoms with Crippen LogP contribution in [0.2, 0.25) is 0 Å². The number of hydrogen-bond donors (Lipinski definition) is 2. The molecular weight excluding hydrogens is 216 g/mol. The molecule has 2 N–H and O–H groups in total. The van der Waals surface area contributed by atoms with Crippen LogP contribution in [0.3, 0.4) is 0 Å². The molecule has 15 heavy (non-hydrogen) atoms. The molecule has 0 amide bonds. The summed E-state index contributed by atoms with van der Waals surface area (Å²) in [5.74, 6) is 0. The van der Waals surface area contributed by atoms with Crippen LogP contribution < -0.4 is 10.6 Å². The van der Waals surface area contributed by atoms with E-state index in [1.165, 1.54) is 8.61 Å². The van der Waals surface area contributed by atoms with Crippen LogP contribution in [0.5, 0.6) is 0 Å².